The van der Waals surface area contributed by atoms with E-state index < -0.39 is 27.9 Å². The van der Waals surface area contributed by atoms with E-state index in [4.69, 9.17) is 11.6 Å². The molecule has 0 fully saturated rings. The Balaban J connectivity index is 1.57. The number of thiophene rings is 1. The van der Waals surface area contributed by atoms with E-state index in [0.29, 0.717) is 21.9 Å². The molecular weight excluding hydrogens is 456 g/mol. The zero-order chi connectivity index (χ0) is 21.8. The fourth-order valence-electron chi connectivity index (χ4n) is 4.24. The van der Waals surface area contributed by atoms with E-state index in [9.17, 15) is 18.0 Å². The third kappa shape index (κ3) is 3.30. The van der Waals surface area contributed by atoms with Crippen molar-refractivity contribution >= 4 is 44.8 Å². The fraction of sp³-hybridized carbons (Fsp3) is 0.182. The van der Waals surface area contributed by atoms with Gasteiger partial charge in [-0.05, 0) is 41.8 Å². The first-order valence-corrected chi connectivity index (χ1v) is 12.3. The molecule has 1 unspecified atom stereocenters. The number of hydrogen-bond acceptors (Lipinski definition) is 5. The Labute approximate surface area is 188 Å². The Morgan fingerprint density at radius 3 is 2.23 bits per heavy atom. The summed E-state index contributed by atoms with van der Waals surface area (Å²) in [7, 11) is -3.86. The maximum absolute atomic E-state index is 13.5. The van der Waals surface area contributed by atoms with Gasteiger partial charge in [0.1, 0.15) is 4.21 Å². The van der Waals surface area contributed by atoms with Crippen molar-refractivity contribution < 1.29 is 18.0 Å². The van der Waals surface area contributed by atoms with Crippen LogP contribution in [0.15, 0.2) is 64.9 Å². The van der Waals surface area contributed by atoms with E-state index in [-0.39, 0.29) is 17.3 Å². The predicted octanol–water partition coefficient (Wildman–Crippen LogP) is 3.99. The van der Waals surface area contributed by atoms with Crippen molar-refractivity contribution in [3.63, 3.8) is 0 Å². The molecule has 3 heterocycles. The Hall–Kier alpha value is -2.52. The van der Waals surface area contributed by atoms with Gasteiger partial charge in [0.25, 0.3) is 21.8 Å². The number of hydrogen-bond donors (Lipinski definition) is 0. The largest absolute Gasteiger partial charge is 0.272 e. The van der Waals surface area contributed by atoms with Crippen LogP contribution in [0.25, 0.3) is 0 Å². The lowest BCUT2D eigenvalue weighted by atomic mass is 9.94. The highest BCUT2D eigenvalue weighted by Crippen LogP contribution is 2.38. The van der Waals surface area contributed by atoms with Crippen molar-refractivity contribution in [2.45, 2.75) is 16.7 Å². The first kappa shape index (κ1) is 20.4. The third-order valence-electron chi connectivity index (χ3n) is 5.71. The van der Waals surface area contributed by atoms with E-state index >= 15 is 0 Å². The molecule has 0 aliphatic carbocycles. The average molecular weight is 473 g/mol. The molecule has 3 aromatic rings. The zero-order valence-corrected chi connectivity index (χ0v) is 18.6. The lowest BCUT2D eigenvalue weighted by Gasteiger charge is -2.37. The summed E-state index contributed by atoms with van der Waals surface area (Å²) < 4.78 is 28.8. The smallest absolute Gasteiger partial charge is 0.261 e. The number of fused-ring (bicyclic) bond motifs is 2. The molecule has 0 spiro atoms. The maximum Gasteiger partial charge on any atom is 0.261 e. The van der Waals surface area contributed by atoms with E-state index in [0.717, 1.165) is 27.4 Å². The van der Waals surface area contributed by atoms with Gasteiger partial charge >= 0.3 is 0 Å². The highest BCUT2D eigenvalue weighted by atomic mass is 35.5. The number of imide groups is 1. The Bertz CT molecular complexity index is 1280. The molecule has 0 N–H and O–H groups in total. The minimum absolute atomic E-state index is 0.0539. The van der Waals surface area contributed by atoms with Crippen LogP contribution in [-0.2, 0) is 16.4 Å². The van der Waals surface area contributed by atoms with Crippen molar-refractivity contribution in [2.24, 2.45) is 0 Å². The molecule has 5 rings (SSSR count). The topological polar surface area (TPSA) is 74.8 Å². The van der Waals surface area contributed by atoms with Gasteiger partial charge in [0.05, 0.1) is 28.0 Å². The average Bonchev–Trinajstić information content (AvgIpc) is 3.32. The van der Waals surface area contributed by atoms with Crippen LogP contribution in [0, 0.1) is 0 Å². The van der Waals surface area contributed by atoms with Gasteiger partial charge in [0.15, 0.2) is 0 Å². The highest BCUT2D eigenvalue weighted by molar-refractivity contribution is 7.91. The first-order valence-electron chi connectivity index (χ1n) is 9.68. The van der Waals surface area contributed by atoms with Crippen LogP contribution in [-0.4, -0.2) is 42.5 Å². The number of amides is 2. The lowest BCUT2D eigenvalue weighted by molar-refractivity contribution is 0.0616. The van der Waals surface area contributed by atoms with Crippen LogP contribution >= 0.6 is 22.9 Å². The molecule has 1 atom stereocenters. The minimum Gasteiger partial charge on any atom is -0.272 e. The summed E-state index contributed by atoms with van der Waals surface area (Å²) in [4.78, 5) is 27.0. The quantitative estimate of drug-likeness (QED) is 0.538. The molecule has 0 bridgehead atoms. The number of carbonyl (C=O) groups is 2. The van der Waals surface area contributed by atoms with Crippen LogP contribution in [0.1, 0.15) is 37.9 Å². The van der Waals surface area contributed by atoms with Gasteiger partial charge in [-0.1, -0.05) is 48.0 Å². The number of rotatable bonds is 4. The normalized spacial score (nSPS) is 18.9. The molecule has 0 saturated carbocycles. The summed E-state index contributed by atoms with van der Waals surface area (Å²) >= 11 is 6.98. The molecule has 0 radical (unpaired) electrons. The van der Waals surface area contributed by atoms with Gasteiger partial charge in [0.2, 0.25) is 0 Å². The van der Waals surface area contributed by atoms with Crippen LogP contribution in [0.3, 0.4) is 0 Å². The van der Waals surface area contributed by atoms with Crippen molar-refractivity contribution in [1.29, 1.82) is 0 Å². The van der Waals surface area contributed by atoms with Gasteiger partial charge in [0, 0.05) is 6.54 Å². The van der Waals surface area contributed by atoms with Gasteiger partial charge < -0.3 is 0 Å². The summed E-state index contributed by atoms with van der Waals surface area (Å²) in [6, 6.07) is 16.6. The molecule has 1 aromatic heterocycles. The zero-order valence-electron chi connectivity index (χ0n) is 16.2. The van der Waals surface area contributed by atoms with Crippen molar-refractivity contribution in [2.75, 3.05) is 13.1 Å². The number of benzene rings is 2. The summed E-state index contributed by atoms with van der Waals surface area (Å²) in [6.07, 6.45) is 0.549. The van der Waals surface area contributed by atoms with Crippen molar-refractivity contribution in [1.82, 2.24) is 9.21 Å². The van der Waals surface area contributed by atoms with Gasteiger partial charge in [-0.3, -0.25) is 14.5 Å². The van der Waals surface area contributed by atoms with Crippen LogP contribution in [0.5, 0.6) is 0 Å². The predicted molar refractivity (Wildman–Crippen MR) is 118 cm³/mol. The van der Waals surface area contributed by atoms with Crippen LogP contribution in [0.4, 0.5) is 0 Å². The van der Waals surface area contributed by atoms with Gasteiger partial charge in [-0.2, -0.15) is 4.31 Å². The monoisotopic (exact) mass is 472 g/mol. The standard InChI is InChI=1S/C22H17ClN2O4S2/c23-19-9-10-20(30-19)31(28,29)25-12-11-14-5-1-2-6-15(14)18(25)13-24-21(26)16-7-3-4-8-17(16)22(24)27/h1-10,18H,11-13H2. The molecule has 2 aliphatic rings. The minimum atomic E-state index is -3.86. The third-order valence-corrected chi connectivity index (χ3v) is 9.32. The molecule has 6 nitrogen and oxygen atoms in total. The molecule has 31 heavy (non-hydrogen) atoms. The van der Waals surface area contributed by atoms with Gasteiger partial charge in [-0.25, -0.2) is 8.42 Å². The summed E-state index contributed by atoms with van der Waals surface area (Å²) in [5.41, 5.74) is 2.50. The maximum atomic E-state index is 13.5. The Kier molecular flexibility index (Phi) is 4.97. The second-order valence-corrected chi connectivity index (χ2v) is 11.2. The number of halogens is 1. The molecule has 158 valence electrons. The second kappa shape index (κ2) is 7.56. The SMILES string of the molecule is O=C1c2ccccc2C(=O)N1CC1c2ccccc2CCN1S(=O)(=O)c1ccc(Cl)s1. The number of sulfonamides is 1. The molecular formula is C22H17ClN2O4S2. The molecule has 2 aliphatic heterocycles. The Morgan fingerprint density at radius 1 is 0.935 bits per heavy atom. The summed E-state index contributed by atoms with van der Waals surface area (Å²) in [5.74, 6) is -0.805. The molecule has 0 saturated heterocycles. The molecule has 9 heteroatoms. The first-order chi connectivity index (χ1) is 14.9. The van der Waals surface area contributed by atoms with Crippen LogP contribution in [0.2, 0.25) is 4.34 Å². The fourth-order valence-corrected chi connectivity index (χ4v) is 7.45. The van der Waals surface area contributed by atoms with Crippen LogP contribution < -0.4 is 0 Å². The lowest BCUT2D eigenvalue weighted by Crippen LogP contribution is -2.46. The summed E-state index contributed by atoms with van der Waals surface area (Å²) in [6.45, 7) is 0.199. The second-order valence-electron chi connectivity index (χ2n) is 7.41. The number of nitrogens with zero attached hydrogens (tertiary/aromatic N) is 2. The van der Waals surface area contributed by atoms with E-state index in [1.54, 1.807) is 30.3 Å². The van der Waals surface area contributed by atoms with Crippen molar-refractivity contribution in [3.8, 4) is 0 Å². The number of carbonyl (C=O) groups excluding carboxylic acids is 2. The van der Waals surface area contributed by atoms with Gasteiger partial charge in [-0.15, -0.1) is 11.3 Å². The highest BCUT2D eigenvalue weighted by Gasteiger charge is 2.42. The molecule has 2 aromatic carbocycles. The Morgan fingerprint density at radius 2 is 1.58 bits per heavy atom. The summed E-state index contributed by atoms with van der Waals surface area (Å²) in [5, 5.41) is 0. The van der Waals surface area contributed by atoms with Crippen molar-refractivity contribution in [3.05, 3.63) is 87.3 Å². The van der Waals surface area contributed by atoms with E-state index in [1.807, 2.05) is 24.3 Å². The van der Waals surface area contributed by atoms with E-state index in [1.165, 1.54) is 10.4 Å². The molecule has 2 amide bonds. The van der Waals surface area contributed by atoms with E-state index in [2.05, 4.69) is 0 Å².